The smallest absolute Gasteiger partial charge is 0.139 e. The number of halogens is 1. The topological polar surface area (TPSA) is 37.9 Å². The number of H-pyrrole nitrogens is 1. The Morgan fingerprint density at radius 1 is 1.41 bits per heavy atom. The van der Waals surface area contributed by atoms with E-state index in [2.05, 4.69) is 9.97 Å². The molecule has 3 rings (SSSR count). The van der Waals surface area contributed by atoms with Crippen LogP contribution in [0.3, 0.4) is 0 Å². The summed E-state index contributed by atoms with van der Waals surface area (Å²) in [5, 5.41) is 0.654. The number of aromatic nitrogens is 2. The Kier molecular flexibility index (Phi) is 2.56. The molecule has 1 saturated carbocycles. The van der Waals surface area contributed by atoms with Gasteiger partial charge in [0.25, 0.3) is 0 Å². The zero-order valence-electron chi connectivity index (χ0n) is 9.53. The molecule has 1 aromatic carbocycles. The Morgan fingerprint density at radius 3 is 2.88 bits per heavy atom. The molecule has 0 saturated heterocycles. The molecule has 0 aliphatic heterocycles. The summed E-state index contributed by atoms with van der Waals surface area (Å²) in [7, 11) is 1.63. The highest BCUT2D eigenvalue weighted by atomic mass is 35.5. The first-order valence-corrected chi connectivity index (χ1v) is 6.04. The minimum absolute atomic E-state index is 0.654. The van der Waals surface area contributed by atoms with Crippen molar-refractivity contribution in [3.63, 3.8) is 0 Å². The molecule has 88 valence electrons. The summed E-state index contributed by atoms with van der Waals surface area (Å²) >= 11 is 6.21. The van der Waals surface area contributed by atoms with Crippen LogP contribution in [0.25, 0.3) is 11.4 Å². The number of nitrogens with zero attached hydrogens (tertiary/aromatic N) is 1. The Hall–Kier alpha value is -1.48. The van der Waals surface area contributed by atoms with Gasteiger partial charge in [-0.3, -0.25) is 0 Å². The second-order valence-electron chi connectivity index (χ2n) is 4.31. The van der Waals surface area contributed by atoms with Gasteiger partial charge in [0.05, 0.1) is 12.1 Å². The lowest BCUT2D eigenvalue weighted by atomic mass is 10.2. The predicted molar refractivity (Wildman–Crippen MR) is 67.6 cm³/mol. The molecule has 0 radical (unpaired) electrons. The third-order valence-electron chi connectivity index (χ3n) is 3.04. The van der Waals surface area contributed by atoms with E-state index in [4.69, 9.17) is 16.3 Å². The first-order chi connectivity index (χ1) is 8.28. The van der Waals surface area contributed by atoms with E-state index in [0.717, 1.165) is 17.1 Å². The molecule has 0 amide bonds. The number of aromatic amines is 1. The number of hydrogen-bond acceptors (Lipinski definition) is 2. The third-order valence-corrected chi connectivity index (χ3v) is 3.36. The first-order valence-electron chi connectivity index (χ1n) is 5.67. The summed E-state index contributed by atoms with van der Waals surface area (Å²) < 4.78 is 5.12. The minimum atomic E-state index is 0.654. The summed E-state index contributed by atoms with van der Waals surface area (Å²) in [6.07, 6.45) is 4.43. The van der Waals surface area contributed by atoms with Crippen molar-refractivity contribution in [3.05, 3.63) is 35.1 Å². The maximum absolute atomic E-state index is 6.21. The van der Waals surface area contributed by atoms with Crippen LogP contribution in [0.2, 0.25) is 5.02 Å². The van der Waals surface area contributed by atoms with Crippen LogP contribution in [0.4, 0.5) is 0 Å². The predicted octanol–water partition coefficient (Wildman–Crippen LogP) is 3.62. The Labute approximate surface area is 105 Å². The average molecular weight is 249 g/mol. The molecule has 4 heteroatoms. The fraction of sp³-hybridized carbons (Fsp3) is 0.308. The van der Waals surface area contributed by atoms with Crippen molar-refractivity contribution in [1.29, 1.82) is 0 Å². The molecule has 1 N–H and O–H groups in total. The van der Waals surface area contributed by atoms with E-state index in [9.17, 15) is 0 Å². The Morgan fingerprint density at radius 2 is 2.24 bits per heavy atom. The molecule has 0 atom stereocenters. The van der Waals surface area contributed by atoms with Crippen LogP contribution < -0.4 is 4.74 Å². The largest absolute Gasteiger partial charge is 0.497 e. The quantitative estimate of drug-likeness (QED) is 0.901. The van der Waals surface area contributed by atoms with Crippen LogP contribution in [0.5, 0.6) is 5.75 Å². The summed E-state index contributed by atoms with van der Waals surface area (Å²) in [4.78, 5) is 7.72. The summed E-state index contributed by atoms with van der Waals surface area (Å²) in [6, 6.07) is 5.62. The van der Waals surface area contributed by atoms with Gasteiger partial charge in [0, 0.05) is 23.4 Å². The number of ether oxygens (including phenoxy) is 1. The molecule has 0 unspecified atom stereocenters. The number of benzene rings is 1. The van der Waals surface area contributed by atoms with Crippen LogP contribution in [0.15, 0.2) is 24.4 Å². The van der Waals surface area contributed by atoms with Crippen molar-refractivity contribution in [1.82, 2.24) is 9.97 Å². The van der Waals surface area contributed by atoms with Gasteiger partial charge in [0.15, 0.2) is 0 Å². The molecule has 1 aliphatic carbocycles. The fourth-order valence-corrected chi connectivity index (χ4v) is 2.15. The van der Waals surface area contributed by atoms with Crippen molar-refractivity contribution in [3.8, 4) is 17.1 Å². The molecule has 3 nitrogen and oxygen atoms in total. The van der Waals surface area contributed by atoms with Crippen molar-refractivity contribution in [2.45, 2.75) is 18.8 Å². The molecular weight excluding hydrogens is 236 g/mol. The van der Waals surface area contributed by atoms with Crippen LogP contribution in [0, 0.1) is 0 Å². The fourth-order valence-electron chi connectivity index (χ4n) is 1.89. The third kappa shape index (κ3) is 2.03. The lowest BCUT2D eigenvalue weighted by Gasteiger charge is -2.04. The van der Waals surface area contributed by atoms with Crippen molar-refractivity contribution in [2.24, 2.45) is 0 Å². The van der Waals surface area contributed by atoms with E-state index in [1.807, 2.05) is 18.3 Å². The first kappa shape index (κ1) is 10.7. The molecular formula is C13H13ClN2O. The molecule has 1 aromatic heterocycles. The number of methoxy groups -OCH3 is 1. The van der Waals surface area contributed by atoms with Gasteiger partial charge in [-0.1, -0.05) is 11.6 Å². The van der Waals surface area contributed by atoms with Gasteiger partial charge in [-0.05, 0) is 31.0 Å². The second-order valence-corrected chi connectivity index (χ2v) is 4.71. The van der Waals surface area contributed by atoms with Crippen LogP contribution >= 0.6 is 11.6 Å². The monoisotopic (exact) mass is 248 g/mol. The molecule has 0 bridgehead atoms. The van der Waals surface area contributed by atoms with Gasteiger partial charge in [0.1, 0.15) is 11.6 Å². The van der Waals surface area contributed by atoms with Crippen LogP contribution in [-0.2, 0) is 0 Å². The van der Waals surface area contributed by atoms with Gasteiger partial charge in [-0.15, -0.1) is 0 Å². The van der Waals surface area contributed by atoms with E-state index in [1.165, 1.54) is 18.5 Å². The van der Waals surface area contributed by atoms with Crippen molar-refractivity contribution >= 4 is 11.6 Å². The summed E-state index contributed by atoms with van der Waals surface area (Å²) in [6.45, 7) is 0. The Balaban J connectivity index is 1.96. The van der Waals surface area contributed by atoms with Gasteiger partial charge < -0.3 is 9.72 Å². The Bertz CT molecular complexity index is 546. The molecule has 0 spiro atoms. The number of hydrogen-bond donors (Lipinski definition) is 1. The number of imidazole rings is 1. The highest BCUT2D eigenvalue weighted by molar-refractivity contribution is 6.33. The maximum Gasteiger partial charge on any atom is 0.139 e. The highest BCUT2D eigenvalue weighted by Gasteiger charge is 2.25. The molecule has 1 heterocycles. The maximum atomic E-state index is 6.21. The van der Waals surface area contributed by atoms with Gasteiger partial charge in [-0.25, -0.2) is 4.98 Å². The van der Waals surface area contributed by atoms with Crippen molar-refractivity contribution < 1.29 is 4.74 Å². The highest BCUT2D eigenvalue weighted by Crippen LogP contribution is 2.40. The number of nitrogens with one attached hydrogen (secondary N) is 1. The zero-order chi connectivity index (χ0) is 11.8. The van der Waals surface area contributed by atoms with Crippen LogP contribution in [-0.4, -0.2) is 17.1 Å². The molecule has 1 fully saturated rings. The standard InChI is InChI=1S/C13H13ClN2O/c1-17-9-4-5-10(11(14)6-9)13-15-7-12(16-13)8-2-3-8/h4-8H,2-3H2,1H3,(H,15,16). The lowest BCUT2D eigenvalue weighted by molar-refractivity contribution is 0.415. The van der Waals surface area contributed by atoms with Gasteiger partial charge >= 0.3 is 0 Å². The lowest BCUT2D eigenvalue weighted by Crippen LogP contribution is -1.86. The van der Waals surface area contributed by atoms with E-state index in [0.29, 0.717) is 10.9 Å². The summed E-state index contributed by atoms with van der Waals surface area (Å²) in [5.74, 6) is 2.26. The van der Waals surface area contributed by atoms with E-state index in [-0.39, 0.29) is 0 Å². The SMILES string of the molecule is COc1ccc(-c2ncc(C3CC3)[nH]2)c(Cl)c1. The second kappa shape index (κ2) is 4.08. The summed E-state index contributed by atoms with van der Waals surface area (Å²) in [5.41, 5.74) is 2.13. The zero-order valence-corrected chi connectivity index (χ0v) is 10.3. The van der Waals surface area contributed by atoms with Crippen molar-refractivity contribution in [2.75, 3.05) is 7.11 Å². The average Bonchev–Trinajstić information content (AvgIpc) is 3.08. The van der Waals surface area contributed by atoms with Gasteiger partial charge in [-0.2, -0.15) is 0 Å². The van der Waals surface area contributed by atoms with Crippen LogP contribution in [0.1, 0.15) is 24.5 Å². The minimum Gasteiger partial charge on any atom is -0.497 e. The normalized spacial score (nSPS) is 14.9. The van der Waals surface area contributed by atoms with E-state index in [1.54, 1.807) is 13.2 Å². The molecule has 2 aromatic rings. The van der Waals surface area contributed by atoms with E-state index < -0.39 is 0 Å². The van der Waals surface area contributed by atoms with Gasteiger partial charge in [0.2, 0.25) is 0 Å². The number of rotatable bonds is 3. The molecule has 17 heavy (non-hydrogen) atoms. The molecule has 1 aliphatic rings. The van der Waals surface area contributed by atoms with E-state index >= 15 is 0 Å².